The summed E-state index contributed by atoms with van der Waals surface area (Å²) >= 11 is 0. The summed E-state index contributed by atoms with van der Waals surface area (Å²) in [5, 5.41) is 14.9. The Morgan fingerprint density at radius 1 is 1.48 bits per heavy atom. The third-order valence-electron chi connectivity index (χ3n) is 2.70. The van der Waals surface area contributed by atoms with Gasteiger partial charge in [0.25, 0.3) is 0 Å². The lowest BCUT2D eigenvalue weighted by atomic mass is 10.2. The summed E-state index contributed by atoms with van der Waals surface area (Å²) in [6.45, 7) is -0.154. The lowest BCUT2D eigenvalue weighted by Crippen LogP contribution is -2.28. The van der Waals surface area contributed by atoms with E-state index in [1.165, 1.54) is 13.4 Å². The number of carboxylic acids is 1. The maximum atomic E-state index is 13.7. The Balaban J connectivity index is 2.38. The molecule has 0 spiro atoms. The number of benzene rings is 1. The zero-order chi connectivity index (χ0) is 15.6. The van der Waals surface area contributed by atoms with E-state index in [1.54, 1.807) is 0 Å². The molecule has 2 rings (SSSR count). The fraction of sp³-hybridized carbons (Fsp3) is 0.182. The number of aromatic amines is 1. The van der Waals surface area contributed by atoms with Crippen LogP contribution in [0.5, 0.6) is 0 Å². The van der Waals surface area contributed by atoms with Crippen molar-refractivity contribution in [3.63, 3.8) is 0 Å². The molecular weight excluding hydrogens is 303 g/mol. The van der Waals surface area contributed by atoms with Gasteiger partial charge >= 0.3 is 5.97 Å². The molecule has 0 amide bonds. The summed E-state index contributed by atoms with van der Waals surface area (Å²) in [5.74, 6) is -2.09. The number of H-pyrrole nitrogens is 1. The summed E-state index contributed by atoms with van der Waals surface area (Å²) in [7, 11) is -2.97. The van der Waals surface area contributed by atoms with Crippen LogP contribution >= 0.6 is 0 Å². The molecule has 8 nitrogen and oxygen atoms in total. The molecule has 0 aliphatic heterocycles. The van der Waals surface area contributed by atoms with Gasteiger partial charge in [-0.15, -0.1) is 0 Å². The zero-order valence-corrected chi connectivity index (χ0v) is 11.6. The molecule has 0 atom stereocenters. The minimum Gasteiger partial charge on any atom is -0.478 e. The largest absolute Gasteiger partial charge is 0.478 e. The van der Waals surface area contributed by atoms with Crippen LogP contribution in [0.4, 0.5) is 4.39 Å². The molecule has 2 aromatic rings. The zero-order valence-electron chi connectivity index (χ0n) is 10.8. The topological polar surface area (TPSA) is 116 Å². The van der Waals surface area contributed by atoms with E-state index in [4.69, 9.17) is 5.11 Å². The minimum absolute atomic E-state index is 0.154. The van der Waals surface area contributed by atoms with E-state index in [9.17, 15) is 17.6 Å². The van der Waals surface area contributed by atoms with E-state index in [0.717, 1.165) is 22.5 Å². The molecule has 0 aliphatic carbocycles. The van der Waals surface area contributed by atoms with Gasteiger partial charge in [0.15, 0.2) is 0 Å². The summed E-state index contributed by atoms with van der Waals surface area (Å²) in [6.07, 6.45) is 1.21. The number of sulfonamides is 1. The average Bonchev–Trinajstić information content (AvgIpc) is 2.91. The number of carbonyl (C=O) groups is 1. The van der Waals surface area contributed by atoms with Crippen molar-refractivity contribution >= 4 is 16.0 Å². The maximum absolute atomic E-state index is 13.7. The quantitative estimate of drug-likeness (QED) is 0.828. The fourth-order valence-corrected chi connectivity index (χ4v) is 2.82. The molecule has 0 fully saturated rings. The van der Waals surface area contributed by atoms with Crippen LogP contribution in [-0.4, -0.2) is 46.0 Å². The standard InChI is InChI=1S/C11H11FN4O4S/c1-16(5-10-13-6-14-15-10)21(19,20)9-4-7(11(17)18)2-3-8(9)12/h2-4,6H,5H2,1H3,(H,17,18)(H,13,14,15). The third-order valence-corrected chi connectivity index (χ3v) is 4.52. The van der Waals surface area contributed by atoms with Gasteiger partial charge < -0.3 is 5.11 Å². The Morgan fingerprint density at radius 3 is 2.76 bits per heavy atom. The molecule has 21 heavy (non-hydrogen) atoms. The van der Waals surface area contributed by atoms with Crippen molar-refractivity contribution in [2.75, 3.05) is 7.05 Å². The van der Waals surface area contributed by atoms with Gasteiger partial charge in [0.1, 0.15) is 22.9 Å². The van der Waals surface area contributed by atoms with Crippen LogP contribution in [-0.2, 0) is 16.6 Å². The van der Waals surface area contributed by atoms with Crippen molar-refractivity contribution < 1.29 is 22.7 Å². The van der Waals surface area contributed by atoms with Gasteiger partial charge in [-0.2, -0.15) is 9.40 Å². The van der Waals surface area contributed by atoms with Crippen LogP contribution in [0.2, 0.25) is 0 Å². The summed E-state index contributed by atoms with van der Waals surface area (Å²) in [6, 6.07) is 2.58. The van der Waals surface area contributed by atoms with Gasteiger partial charge in [-0.3, -0.25) is 5.10 Å². The maximum Gasteiger partial charge on any atom is 0.335 e. The first kappa shape index (κ1) is 15.1. The monoisotopic (exact) mass is 314 g/mol. The van der Waals surface area contributed by atoms with Crippen molar-refractivity contribution in [3.8, 4) is 0 Å². The highest BCUT2D eigenvalue weighted by Gasteiger charge is 2.26. The van der Waals surface area contributed by atoms with Gasteiger partial charge in [-0.1, -0.05) is 0 Å². The summed E-state index contributed by atoms with van der Waals surface area (Å²) in [5.41, 5.74) is -0.317. The first-order valence-corrected chi connectivity index (χ1v) is 7.10. The Morgan fingerprint density at radius 2 is 2.19 bits per heavy atom. The van der Waals surface area contributed by atoms with Crippen LogP contribution in [0.3, 0.4) is 0 Å². The molecule has 0 bridgehead atoms. The van der Waals surface area contributed by atoms with E-state index in [2.05, 4.69) is 15.2 Å². The second-order valence-corrected chi connectivity index (χ2v) is 6.16. The van der Waals surface area contributed by atoms with Crippen LogP contribution in [0.25, 0.3) is 0 Å². The molecule has 112 valence electrons. The van der Waals surface area contributed by atoms with Crippen molar-refractivity contribution in [1.82, 2.24) is 19.5 Å². The van der Waals surface area contributed by atoms with Gasteiger partial charge in [-0.05, 0) is 18.2 Å². The SMILES string of the molecule is CN(Cc1ncn[nH]1)S(=O)(=O)c1cc(C(=O)O)ccc1F. The van der Waals surface area contributed by atoms with Crippen LogP contribution in [0.15, 0.2) is 29.4 Å². The first-order valence-electron chi connectivity index (χ1n) is 5.66. The predicted molar refractivity (Wildman–Crippen MR) is 68.4 cm³/mol. The Labute approximate surface area is 119 Å². The number of rotatable bonds is 5. The van der Waals surface area contributed by atoms with Gasteiger partial charge in [0, 0.05) is 7.05 Å². The van der Waals surface area contributed by atoms with Crippen LogP contribution in [0.1, 0.15) is 16.2 Å². The number of halogens is 1. The summed E-state index contributed by atoms with van der Waals surface area (Å²) < 4.78 is 39.1. The first-order chi connectivity index (χ1) is 9.82. The smallest absolute Gasteiger partial charge is 0.335 e. The van der Waals surface area contributed by atoms with E-state index < -0.39 is 26.7 Å². The van der Waals surface area contributed by atoms with Crippen molar-refractivity contribution in [1.29, 1.82) is 0 Å². The second-order valence-electron chi connectivity index (χ2n) is 4.14. The van der Waals surface area contributed by atoms with Crippen molar-refractivity contribution in [2.45, 2.75) is 11.4 Å². The van der Waals surface area contributed by atoms with Crippen LogP contribution < -0.4 is 0 Å². The average molecular weight is 314 g/mol. The van der Waals surface area contributed by atoms with Gasteiger partial charge in [-0.25, -0.2) is 22.6 Å². The fourth-order valence-electron chi connectivity index (χ4n) is 1.60. The molecule has 0 unspecified atom stereocenters. The minimum atomic E-state index is -4.19. The molecule has 1 aromatic heterocycles. The highest BCUT2D eigenvalue weighted by molar-refractivity contribution is 7.89. The number of aromatic carboxylic acids is 1. The molecule has 10 heteroatoms. The lowest BCUT2D eigenvalue weighted by Gasteiger charge is -2.16. The molecule has 0 radical (unpaired) electrons. The number of aromatic nitrogens is 3. The third kappa shape index (κ3) is 3.06. The normalized spacial score (nSPS) is 11.8. The number of nitrogens with zero attached hydrogens (tertiary/aromatic N) is 3. The number of hydrogen-bond acceptors (Lipinski definition) is 5. The van der Waals surface area contributed by atoms with Crippen LogP contribution in [0, 0.1) is 5.82 Å². The molecule has 1 heterocycles. The van der Waals surface area contributed by atoms with Crippen molar-refractivity contribution in [3.05, 3.63) is 41.7 Å². The van der Waals surface area contributed by atoms with Crippen molar-refractivity contribution in [2.24, 2.45) is 0 Å². The lowest BCUT2D eigenvalue weighted by molar-refractivity contribution is 0.0696. The van der Waals surface area contributed by atoms with E-state index in [-0.39, 0.29) is 17.9 Å². The summed E-state index contributed by atoms with van der Waals surface area (Å²) in [4.78, 5) is 13.9. The van der Waals surface area contributed by atoms with E-state index in [1.807, 2.05) is 0 Å². The molecule has 0 saturated carbocycles. The second kappa shape index (κ2) is 5.58. The Kier molecular flexibility index (Phi) is 4.00. The number of nitrogens with one attached hydrogen (secondary N) is 1. The Bertz CT molecular complexity index is 761. The molecule has 2 N–H and O–H groups in total. The van der Waals surface area contributed by atoms with E-state index >= 15 is 0 Å². The predicted octanol–water partition coefficient (Wildman–Crippen LogP) is 0.463. The highest BCUT2D eigenvalue weighted by Crippen LogP contribution is 2.21. The van der Waals surface area contributed by atoms with Gasteiger partial charge in [0.05, 0.1) is 12.1 Å². The molecule has 1 aromatic carbocycles. The number of carboxylic acid groups (broad SMARTS) is 1. The number of hydrogen-bond donors (Lipinski definition) is 2. The molecule has 0 aliphatic rings. The Hall–Kier alpha value is -2.33. The highest BCUT2D eigenvalue weighted by atomic mass is 32.2. The molecular formula is C11H11FN4O4S. The molecule has 0 saturated heterocycles. The van der Waals surface area contributed by atoms with Gasteiger partial charge in [0.2, 0.25) is 10.0 Å². The van der Waals surface area contributed by atoms with E-state index in [0.29, 0.717) is 0 Å².